The molecule has 12 rings (SSSR count). The summed E-state index contributed by atoms with van der Waals surface area (Å²) in [5, 5.41) is 0. The number of fused-ring (bicyclic) bond motifs is 5. The van der Waals surface area contributed by atoms with Gasteiger partial charge in [-0.3, -0.25) is 19.6 Å². The van der Waals surface area contributed by atoms with Gasteiger partial charge < -0.3 is 39.2 Å². The first-order valence-corrected chi connectivity index (χ1v) is 31.1. The van der Waals surface area contributed by atoms with E-state index in [1.807, 2.05) is 0 Å². The van der Waals surface area contributed by atoms with Crippen molar-refractivity contribution in [2.24, 2.45) is 40.9 Å². The molecule has 0 bridgehead atoms. The van der Waals surface area contributed by atoms with Gasteiger partial charge in [-0.1, -0.05) is 7.43 Å². The Kier molecular flexibility index (Phi) is 23.6. The monoisotopic (exact) mass is 1040 g/mol. The summed E-state index contributed by atoms with van der Waals surface area (Å²) in [7, 11) is 13.6. The van der Waals surface area contributed by atoms with E-state index in [2.05, 4.69) is 184 Å². The number of rotatable bonds is 6. The molecular weight excluding hydrogens is 913 g/mol. The maximum atomic E-state index is 2.67. The zero-order valence-corrected chi connectivity index (χ0v) is 51.5. The summed E-state index contributed by atoms with van der Waals surface area (Å²) in [5.41, 5.74) is 0.666. The Labute approximate surface area is 460 Å². The Morgan fingerprint density at radius 3 is 1.19 bits per heavy atom. The van der Waals surface area contributed by atoms with Crippen molar-refractivity contribution >= 4 is 0 Å². The Morgan fingerprint density at radius 2 is 0.730 bits per heavy atom. The van der Waals surface area contributed by atoms with Crippen LogP contribution < -0.4 is 0 Å². The van der Waals surface area contributed by atoms with E-state index in [1.54, 1.807) is 0 Å². The minimum atomic E-state index is 0. The summed E-state index contributed by atoms with van der Waals surface area (Å²) in [6.45, 7) is 54.2. The molecule has 1 spiro atoms. The van der Waals surface area contributed by atoms with Gasteiger partial charge in [0.15, 0.2) is 0 Å². The lowest BCUT2D eigenvalue weighted by Gasteiger charge is -2.40. The zero-order valence-electron chi connectivity index (χ0n) is 51.5. The molecule has 12 fully saturated rings. The van der Waals surface area contributed by atoms with Crippen LogP contribution in [-0.2, 0) is 0 Å². The van der Waals surface area contributed by atoms with Crippen LogP contribution in [0.1, 0.15) is 129 Å². The van der Waals surface area contributed by atoms with E-state index in [0.717, 1.165) is 95.9 Å². The van der Waals surface area contributed by atoms with Gasteiger partial charge in [0.2, 0.25) is 0 Å². The van der Waals surface area contributed by atoms with E-state index in [9.17, 15) is 0 Å². The first kappa shape index (κ1) is 62.7. The molecule has 74 heavy (non-hydrogen) atoms. The van der Waals surface area contributed by atoms with Crippen molar-refractivity contribution in [3.05, 3.63) is 0 Å². The number of hydrogen-bond donors (Lipinski definition) is 0. The van der Waals surface area contributed by atoms with Crippen LogP contribution in [0, 0.1) is 40.9 Å². The minimum absolute atomic E-state index is 0. The second kappa shape index (κ2) is 27.8. The minimum Gasteiger partial charge on any atom is -0.306 e. The molecule has 11 atom stereocenters. The quantitative estimate of drug-likeness (QED) is 0.274. The van der Waals surface area contributed by atoms with E-state index < -0.39 is 0 Å². The summed E-state index contributed by atoms with van der Waals surface area (Å²) in [5.74, 6) is 5.83. The summed E-state index contributed by atoms with van der Waals surface area (Å²) < 4.78 is 0. The molecule has 0 amide bonds. The van der Waals surface area contributed by atoms with Crippen LogP contribution >= 0.6 is 0 Å². The molecule has 12 heteroatoms. The van der Waals surface area contributed by atoms with Crippen LogP contribution in [0.2, 0.25) is 0 Å². The Bertz CT molecular complexity index is 1610. The highest BCUT2D eigenvalue weighted by molar-refractivity contribution is 5.01. The third-order valence-electron chi connectivity index (χ3n) is 21.3. The van der Waals surface area contributed by atoms with Crippen LogP contribution in [0.3, 0.4) is 0 Å². The van der Waals surface area contributed by atoms with Gasteiger partial charge in [-0.2, -0.15) is 0 Å². The van der Waals surface area contributed by atoms with Crippen molar-refractivity contribution in [1.82, 2.24) is 58.8 Å². The summed E-state index contributed by atoms with van der Waals surface area (Å²) in [6, 6.07) is 7.94. The topological polar surface area (TPSA) is 38.9 Å². The molecule has 434 valence electrons. The molecule has 11 unspecified atom stereocenters. The van der Waals surface area contributed by atoms with E-state index >= 15 is 0 Å². The summed E-state index contributed by atoms with van der Waals surface area (Å²) in [4.78, 5) is 30.8. The van der Waals surface area contributed by atoms with E-state index in [4.69, 9.17) is 0 Å². The number of likely N-dealkylation sites (N-methyl/N-ethyl adjacent to an activating group) is 4. The summed E-state index contributed by atoms with van der Waals surface area (Å²) >= 11 is 0. The molecule has 0 aromatic rings. The van der Waals surface area contributed by atoms with E-state index in [0.29, 0.717) is 5.41 Å². The largest absolute Gasteiger partial charge is 0.306 e. The first-order valence-electron chi connectivity index (χ1n) is 31.1. The summed E-state index contributed by atoms with van der Waals surface area (Å²) in [6.07, 6.45) is 8.56. The van der Waals surface area contributed by atoms with Gasteiger partial charge in [-0.05, 0) is 232 Å². The predicted octanol–water partition coefficient (Wildman–Crippen LogP) is 7.07. The highest BCUT2D eigenvalue weighted by Gasteiger charge is 2.46. The smallest absolute Gasteiger partial charge is 0.0273 e. The molecule has 12 aliphatic heterocycles. The van der Waals surface area contributed by atoms with Crippen molar-refractivity contribution in [2.45, 2.75) is 189 Å². The molecule has 0 radical (unpaired) electrons. The van der Waals surface area contributed by atoms with Crippen molar-refractivity contribution in [3.63, 3.8) is 0 Å². The van der Waals surface area contributed by atoms with Gasteiger partial charge in [0.25, 0.3) is 0 Å². The van der Waals surface area contributed by atoms with Crippen LogP contribution in [-0.4, -0.2) is 292 Å². The van der Waals surface area contributed by atoms with Crippen molar-refractivity contribution in [3.8, 4) is 0 Å². The fourth-order valence-corrected chi connectivity index (χ4v) is 16.3. The SMILES string of the molecule is C.CC(C)N1CC2CCCN(C)C2C1.CC(C)N1CC2CCN(C)C2C1.CC(C)N1CC2CN(C)C2C1.CC(C)N1CC2CN(C)CC2C1.CC(C)N1CCC2(CCN(C)C2)C1.CC(C)N1CCC2CN(C)CC21. The Balaban J connectivity index is 0.000000144. The second-order valence-corrected chi connectivity index (χ2v) is 28.7. The zero-order chi connectivity index (χ0) is 53.1. The van der Waals surface area contributed by atoms with Gasteiger partial charge in [-0.25, -0.2) is 0 Å². The number of likely N-dealkylation sites (tertiary alicyclic amines) is 12. The van der Waals surface area contributed by atoms with Crippen molar-refractivity contribution in [1.29, 1.82) is 0 Å². The molecule has 12 heterocycles. The normalized spacial score (nSPS) is 37.3. The third kappa shape index (κ3) is 15.9. The fourth-order valence-electron chi connectivity index (χ4n) is 16.3. The molecule has 0 N–H and O–H groups in total. The van der Waals surface area contributed by atoms with Crippen LogP contribution in [0.5, 0.6) is 0 Å². The number of nitrogens with zero attached hydrogens (tertiary/aromatic N) is 12. The molecule has 0 aromatic heterocycles. The molecule has 0 aliphatic carbocycles. The van der Waals surface area contributed by atoms with E-state index in [-0.39, 0.29) is 7.43 Å². The molecule has 12 saturated heterocycles. The number of hydrogen-bond acceptors (Lipinski definition) is 12. The predicted molar refractivity (Wildman–Crippen MR) is 319 cm³/mol. The third-order valence-corrected chi connectivity index (χ3v) is 21.3. The Hall–Kier alpha value is -0.480. The van der Waals surface area contributed by atoms with Crippen LogP contribution in [0.4, 0.5) is 0 Å². The maximum absolute atomic E-state index is 2.67. The van der Waals surface area contributed by atoms with Crippen molar-refractivity contribution < 1.29 is 0 Å². The van der Waals surface area contributed by atoms with Gasteiger partial charge in [0, 0.05) is 165 Å². The lowest BCUT2D eigenvalue weighted by Crippen LogP contribution is -2.52. The lowest BCUT2D eigenvalue weighted by molar-refractivity contribution is 0.0824. The lowest BCUT2D eigenvalue weighted by atomic mass is 9.86. The van der Waals surface area contributed by atoms with Gasteiger partial charge in [0.05, 0.1) is 0 Å². The molecule has 12 aliphatic rings. The maximum Gasteiger partial charge on any atom is 0.0273 e. The van der Waals surface area contributed by atoms with Gasteiger partial charge in [-0.15, -0.1) is 0 Å². The molecule has 0 aromatic carbocycles. The average Bonchev–Trinajstić information content (AvgIpc) is 4.16. The molecule has 0 saturated carbocycles. The molecular formula is C62H126N12. The van der Waals surface area contributed by atoms with Gasteiger partial charge >= 0.3 is 0 Å². The van der Waals surface area contributed by atoms with Crippen LogP contribution in [0.25, 0.3) is 0 Å². The standard InChI is InChI=1S/2C11H22N2.3C10H20N2.C9H18N2.CH4/c1-10(2)13-7-5-11(9-13)4-6-12(3)8-11;1-9(2)13-7-10-5-4-6-12(3)11(10)8-13;1-8(2)12-6-9-4-11(3)5-10(9)7-12;1-8(2)12-5-4-9-6-11(3)7-10(9)12;1-8(2)12-6-9-4-5-11(3)10(9)7-12;1-7(2)11-5-8-4-10(3)9(8)6-11;/h10H,4-9H2,1-3H3;9-11H,4-8H2,1-3H3;3*8-10H,4-7H2,1-3H3;7-9H,4-6H2,1-3H3;1H4. The Morgan fingerprint density at radius 1 is 0.311 bits per heavy atom. The fraction of sp³-hybridized carbons (Fsp3) is 1.00. The highest BCUT2D eigenvalue weighted by Crippen LogP contribution is 2.40. The number of piperidine rings is 1. The highest BCUT2D eigenvalue weighted by atomic mass is 15.3. The molecule has 12 nitrogen and oxygen atoms in total. The van der Waals surface area contributed by atoms with Crippen LogP contribution in [0.15, 0.2) is 0 Å². The van der Waals surface area contributed by atoms with Crippen molar-refractivity contribution in [2.75, 3.05) is 173 Å². The first-order chi connectivity index (χ1) is 34.5. The second-order valence-electron chi connectivity index (χ2n) is 28.7. The average molecular weight is 1040 g/mol. The van der Waals surface area contributed by atoms with Gasteiger partial charge in [0.1, 0.15) is 0 Å². The van der Waals surface area contributed by atoms with E-state index in [1.165, 1.54) is 169 Å².